The Kier molecular flexibility index (Phi) is 4.43. The summed E-state index contributed by atoms with van der Waals surface area (Å²) in [6.07, 6.45) is 6.93. The number of carbonyl (C=O) groups excluding carboxylic acids is 1. The minimum atomic E-state index is -0.248. The van der Waals surface area contributed by atoms with Crippen LogP contribution < -0.4 is 0 Å². The first-order valence-corrected chi connectivity index (χ1v) is 10.1. The van der Waals surface area contributed by atoms with Crippen molar-refractivity contribution in [2.75, 3.05) is 6.61 Å². The molecule has 2 fully saturated rings. The SMILES string of the molecule is O=C(c1ccc(-n2cnnc2)cc1)N1[C@@H]2CC[C@H]1[C@](CO)(Cc1ccccc1)C2. The average molecular weight is 388 g/mol. The molecule has 5 rings (SSSR count). The first kappa shape index (κ1) is 18.1. The Morgan fingerprint density at radius 1 is 1.03 bits per heavy atom. The molecule has 0 spiro atoms. The molecule has 29 heavy (non-hydrogen) atoms. The normalized spacial score (nSPS) is 25.5. The van der Waals surface area contributed by atoms with E-state index in [9.17, 15) is 9.90 Å². The minimum Gasteiger partial charge on any atom is -0.396 e. The number of benzene rings is 2. The van der Waals surface area contributed by atoms with Crippen molar-refractivity contribution in [3.05, 3.63) is 78.4 Å². The first-order chi connectivity index (χ1) is 14.2. The summed E-state index contributed by atoms with van der Waals surface area (Å²) in [7, 11) is 0. The van der Waals surface area contributed by atoms with Gasteiger partial charge in [-0.2, -0.15) is 0 Å². The highest BCUT2D eigenvalue weighted by Crippen LogP contribution is 2.51. The standard InChI is InChI=1S/C23H24N4O2/c28-14-23(12-17-4-2-1-3-5-17)13-20-10-11-21(23)27(20)22(29)18-6-8-19(9-7-18)26-15-24-25-16-26/h1-9,15-16,20-21,28H,10-14H2/t20-,21+,23-/m1/s1. The maximum Gasteiger partial charge on any atom is 0.254 e. The van der Waals surface area contributed by atoms with E-state index in [0.717, 1.165) is 31.4 Å². The molecule has 2 aliphatic rings. The molecule has 0 saturated carbocycles. The van der Waals surface area contributed by atoms with Crippen LogP contribution in [0.1, 0.15) is 35.2 Å². The lowest BCUT2D eigenvalue weighted by molar-refractivity contribution is 0.0571. The third kappa shape index (κ3) is 3.04. The lowest BCUT2D eigenvalue weighted by Crippen LogP contribution is -2.43. The summed E-state index contributed by atoms with van der Waals surface area (Å²) < 4.78 is 1.81. The lowest BCUT2D eigenvalue weighted by Gasteiger charge is -2.36. The van der Waals surface area contributed by atoms with E-state index in [2.05, 4.69) is 22.3 Å². The number of fused-ring (bicyclic) bond motifs is 2. The fraction of sp³-hybridized carbons (Fsp3) is 0.348. The van der Waals surface area contributed by atoms with Gasteiger partial charge in [0.2, 0.25) is 0 Å². The molecule has 1 aromatic heterocycles. The van der Waals surface area contributed by atoms with E-state index in [1.165, 1.54) is 5.56 Å². The highest BCUT2D eigenvalue weighted by atomic mass is 16.3. The van der Waals surface area contributed by atoms with Gasteiger partial charge in [-0.25, -0.2) is 0 Å². The number of amides is 1. The molecule has 6 nitrogen and oxygen atoms in total. The predicted molar refractivity (Wildman–Crippen MR) is 109 cm³/mol. The van der Waals surface area contributed by atoms with Crippen molar-refractivity contribution < 1.29 is 9.90 Å². The Morgan fingerprint density at radius 3 is 2.45 bits per heavy atom. The zero-order chi connectivity index (χ0) is 19.8. The van der Waals surface area contributed by atoms with Crippen LogP contribution in [0.2, 0.25) is 0 Å². The summed E-state index contributed by atoms with van der Waals surface area (Å²) in [4.78, 5) is 15.4. The smallest absolute Gasteiger partial charge is 0.254 e. The van der Waals surface area contributed by atoms with Crippen molar-refractivity contribution in [3.8, 4) is 5.69 Å². The van der Waals surface area contributed by atoms with E-state index in [0.29, 0.717) is 5.56 Å². The average Bonchev–Trinajstić information content (AvgIpc) is 3.50. The molecule has 3 atom stereocenters. The number of hydrogen-bond acceptors (Lipinski definition) is 4. The zero-order valence-electron chi connectivity index (χ0n) is 16.2. The van der Waals surface area contributed by atoms with Crippen LogP contribution in [0, 0.1) is 5.41 Å². The Balaban J connectivity index is 1.39. The van der Waals surface area contributed by atoms with E-state index >= 15 is 0 Å². The van der Waals surface area contributed by atoms with E-state index in [1.807, 2.05) is 51.9 Å². The van der Waals surface area contributed by atoms with Gasteiger partial charge in [0.05, 0.1) is 6.61 Å². The van der Waals surface area contributed by atoms with Crippen LogP contribution in [-0.4, -0.2) is 49.4 Å². The predicted octanol–water partition coefficient (Wildman–Crippen LogP) is 2.87. The van der Waals surface area contributed by atoms with Gasteiger partial charge < -0.3 is 10.0 Å². The molecule has 1 N–H and O–H groups in total. The topological polar surface area (TPSA) is 71.2 Å². The third-order valence-corrected chi connectivity index (χ3v) is 6.63. The molecule has 0 aliphatic carbocycles. The lowest BCUT2D eigenvalue weighted by atomic mass is 9.70. The maximum absolute atomic E-state index is 13.4. The maximum atomic E-state index is 13.4. The van der Waals surface area contributed by atoms with Crippen LogP contribution in [0.25, 0.3) is 5.69 Å². The molecule has 3 aromatic rings. The number of hydrogen-bond donors (Lipinski definition) is 1. The molecular formula is C23H24N4O2. The zero-order valence-corrected chi connectivity index (χ0v) is 16.2. The van der Waals surface area contributed by atoms with Gasteiger partial charge in [0.25, 0.3) is 5.91 Å². The van der Waals surface area contributed by atoms with Crippen molar-refractivity contribution in [1.82, 2.24) is 19.7 Å². The second-order valence-electron chi connectivity index (χ2n) is 8.26. The number of carbonyl (C=O) groups is 1. The molecule has 2 aliphatic heterocycles. The summed E-state index contributed by atoms with van der Waals surface area (Å²) in [5.41, 5.74) is 2.58. The van der Waals surface area contributed by atoms with Crippen LogP contribution >= 0.6 is 0 Å². The van der Waals surface area contributed by atoms with E-state index in [4.69, 9.17) is 0 Å². The van der Waals surface area contributed by atoms with E-state index in [1.54, 1.807) is 12.7 Å². The summed E-state index contributed by atoms with van der Waals surface area (Å²) >= 11 is 0. The number of nitrogens with zero attached hydrogens (tertiary/aromatic N) is 4. The van der Waals surface area contributed by atoms with Crippen molar-refractivity contribution in [3.63, 3.8) is 0 Å². The second kappa shape index (κ2) is 7.12. The molecule has 6 heteroatoms. The molecule has 0 unspecified atom stereocenters. The van der Waals surface area contributed by atoms with Crippen LogP contribution in [0.5, 0.6) is 0 Å². The number of rotatable bonds is 5. The van der Waals surface area contributed by atoms with Crippen molar-refractivity contribution in [1.29, 1.82) is 0 Å². The van der Waals surface area contributed by atoms with E-state index in [-0.39, 0.29) is 30.0 Å². The van der Waals surface area contributed by atoms with Gasteiger partial charge in [-0.15, -0.1) is 10.2 Å². The van der Waals surface area contributed by atoms with Crippen LogP contribution in [0.4, 0.5) is 0 Å². The Labute approximate surface area is 169 Å². The van der Waals surface area contributed by atoms with Gasteiger partial charge in [-0.3, -0.25) is 9.36 Å². The molecule has 0 radical (unpaired) electrons. The minimum absolute atomic E-state index is 0.0659. The molecule has 2 aromatic carbocycles. The molecule has 2 bridgehead atoms. The Bertz CT molecular complexity index is 987. The monoisotopic (exact) mass is 388 g/mol. The molecule has 1 amide bonds. The molecular weight excluding hydrogens is 364 g/mol. The van der Waals surface area contributed by atoms with Crippen LogP contribution in [0.15, 0.2) is 67.3 Å². The largest absolute Gasteiger partial charge is 0.396 e. The highest BCUT2D eigenvalue weighted by Gasteiger charge is 2.57. The summed E-state index contributed by atoms with van der Waals surface area (Å²) in [5.74, 6) is 0.0659. The summed E-state index contributed by atoms with van der Waals surface area (Å²) in [5, 5.41) is 18.0. The number of aliphatic hydroxyl groups is 1. The Hall–Kier alpha value is -2.99. The summed E-state index contributed by atoms with van der Waals surface area (Å²) in [6.45, 7) is 0.111. The van der Waals surface area contributed by atoms with Gasteiger partial charge in [0.1, 0.15) is 12.7 Å². The molecule has 3 heterocycles. The van der Waals surface area contributed by atoms with Gasteiger partial charge in [-0.1, -0.05) is 30.3 Å². The fourth-order valence-electron chi connectivity index (χ4n) is 5.27. The second-order valence-corrected chi connectivity index (χ2v) is 8.26. The van der Waals surface area contributed by atoms with Gasteiger partial charge in [0.15, 0.2) is 0 Å². The van der Waals surface area contributed by atoms with Gasteiger partial charge >= 0.3 is 0 Å². The third-order valence-electron chi connectivity index (χ3n) is 6.63. The van der Waals surface area contributed by atoms with Gasteiger partial charge in [-0.05, 0) is 55.5 Å². The Morgan fingerprint density at radius 2 is 1.76 bits per heavy atom. The van der Waals surface area contributed by atoms with Gasteiger partial charge in [0, 0.05) is 28.7 Å². The van der Waals surface area contributed by atoms with Crippen molar-refractivity contribution >= 4 is 5.91 Å². The van der Waals surface area contributed by atoms with Crippen LogP contribution in [-0.2, 0) is 6.42 Å². The van der Waals surface area contributed by atoms with E-state index < -0.39 is 0 Å². The fourth-order valence-corrected chi connectivity index (χ4v) is 5.27. The first-order valence-electron chi connectivity index (χ1n) is 10.1. The molecule has 148 valence electrons. The molecule has 2 saturated heterocycles. The van der Waals surface area contributed by atoms with Crippen molar-refractivity contribution in [2.45, 2.75) is 37.8 Å². The van der Waals surface area contributed by atoms with Crippen LogP contribution in [0.3, 0.4) is 0 Å². The number of aromatic nitrogens is 3. The summed E-state index contributed by atoms with van der Waals surface area (Å²) in [6, 6.07) is 18.2. The van der Waals surface area contributed by atoms with Crippen molar-refractivity contribution in [2.24, 2.45) is 5.41 Å². The number of aliphatic hydroxyl groups excluding tert-OH is 1. The quantitative estimate of drug-likeness (QED) is 0.730. The highest BCUT2D eigenvalue weighted by molar-refractivity contribution is 5.95.